The van der Waals surface area contributed by atoms with Gasteiger partial charge in [0.2, 0.25) is 0 Å². The first-order valence-electron chi connectivity index (χ1n) is 8.18. The van der Waals surface area contributed by atoms with E-state index in [-0.39, 0.29) is 5.82 Å². The van der Waals surface area contributed by atoms with Crippen LogP contribution in [-0.4, -0.2) is 31.1 Å². The summed E-state index contributed by atoms with van der Waals surface area (Å²) in [5, 5.41) is 0. The van der Waals surface area contributed by atoms with Gasteiger partial charge in [-0.1, -0.05) is 6.07 Å². The maximum absolute atomic E-state index is 13.3. The SMILES string of the molecule is CN1CCc2ccc(OC(=O)N3CCc4cc(F)ccc43)cc2C1. The molecule has 2 aromatic rings. The van der Waals surface area contributed by atoms with E-state index in [1.165, 1.54) is 23.3 Å². The van der Waals surface area contributed by atoms with Gasteiger partial charge in [-0.15, -0.1) is 0 Å². The minimum Gasteiger partial charge on any atom is -0.410 e. The van der Waals surface area contributed by atoms with Crippen LogP contribution in [0, 0.1) is 5.82 Å². The molecule has 124 valence electrons. The molecule has 0 aromatic heterocycles. The average molecular weight is 326 g/mol. The Labute approximate surface area is 140 Å². The first-order valence-corrected chi connectivity index (χ1v) is 8.18. The summed E-state index contributed by atoms with van der Waals surface area (Å²) >= 11 is 0. The highest BCUT2D eigenvalue weighted by atomic mass is 19.1. The van der Waals surface area contributed by atoms with Gasteiger partial charge in [0, 0.05) is 19.6 Å². The minimum absolute atomic E-state index is 0.275. The molecule has 0 atom stereocenters. The van der Waals surface area contributed by atoms with Crippen LogP contribution in [0.5, 0.6) is 5.75 Å². The number of halogens is 1. The number of carbonyl (C=O) groups is 1. The fourth-order valence-electron chi connectivity index (χ4n) is 3.45. The molecule has 0 radical (unpaired) electrons. The fraction of sp³-hybridized carbons (Fsp3) is 0.316. The maximum Gasteiger partial charge on any atom is 0.419 e. The molecule has 5 heteroatoms. The van der Waals surface area contributed by atoms with Crippen molar-refractivity contribution in [1.29, 1.82) is 0 Å². The van der Waals surface area contributed by atoms with Crippen molar-refractivity contribution in [2.45, 2.75) is 19.4 Å². The number of carbonyl (C=O) groups excluding carboxylic acids is 1. The first-order chi connectivity index (χ1) is 11.6. The van der Waals surface area contributed by atoms with E-state index in [2.05, 4.69) is 11.9 Å². The summed E-state index contributed by atoms with van der Waals surface area (Å²) in [6, 6.07) is 10.3. The summed E-state index contributed by atoms with van der Waals surface area (Å²) in [6.07, 6.45) is 1.26. The normalized spacial score (nSPS) is 16.7. The summed E-state index contributed by atoms with van der Waals surface area (Å²) < 4.78 is 18.9. The van der Waals surface area contributed by atoms with Gasteiger partial charge in [-0.05, 0) is 66.9 Å². The highest BCUT2D eigenvalue weighted by molar-refractivity contribution is 5.91. The minimum atomic E-state index is -0.413. The molecule has 1 amide bonds. The van der Waals surface area contributed by atoms with E-state index in [1.54, 1.807) is 11.0 Å². The Hall–Kier alpha value is -2.40. The van der Waals surface area contributed by atoms with Crippen LogP contribution in [0.15, 0.2) is 36.4 Å². The Morgan fingerprint density at radius 3 is 2.75 bits per heavy atom. The van der Waals surface area contributed by atoms with E-state index in [9.17, 15) is 9.18 Å². The second-order valence-electron chi connectivity index (χ2n) is 6.46. The number of nitrogens with zero attached hydrogens (tertiary/aromatic N) is 2. The third-order valence-corrected chi connectivity index (χ3v) is 4.74. The van der Waals surface area contributed by atoms with Gasteiger partial charge >= 0.3 is 6.09 Å². The van der Waals surface area contributed by atoms with Gasteiger partial charge < -0.3 is 9.64 Å². The number of ether oxygens (including phenoxy) is 1. The summed E-state index contributed by atoms with van der Waals surface area (Å²) in [7, 11) is 2.09. The Morgan fingerprint density at radius 2 is 1.88 bits per heavy atom. The Bertz CT molecular complexity index is 806. The van der Waals surface area contributed by atoms with Crippen molar-refractivity contribution < 1.29 is 13.9 Å². The van der Waals surface area contributed by atoms with Crippen LogP contribution >= 0.6 is 0 Å². The molecular weight excluding hydrogens is 307 g/mol. The predicted molar refractivity (Wildman–Crippen MR) is 90.0 cm³/mol. The zero-order chi connectivity index (χ0) is 16.7. The van der Waals surface area contributed by atoms with Gasteiger partial charge in [0.15, 0.2) is 0 Å². The van der Waals surface area contributed by atoms with Gasteiger partial charge in [0.1, 0.15) is 11.6 Å². The number of rotatable bonds is 1. The second kappa shape index (κ2) is 5.91. The van der Waals surface area contributed by atoms with Crippen LogP contribution in [0.2, 0.25) is 0 Å². The summed E-state index contributed by atoms with van der Waals surface area (Å²) in [5.74, 6) is 0.285. The predicted octanol–water partition coefficient (Wildman–Crippen LogP) is 3.38. The molecule has 0 saturated heterocycles. The van der Waals surface area contributed by atoms with Crippen LogP contribution in [0.25, 0.3) is 0 Å². The van der Waals surface area contributed by atoms with Crippen molar-refractivity contribution in [2.75, 3.05) is 25.0 Å². The van der Waals surface area contributed by atoms with Crippen molar-refractivity contribution in [1.82, 2.24) is 4.90 Å². The van der Waals surface area contributed by atoms with Crippen LogP contribution < -0.4 is 9.64 Å². The highest BCUT2D eigenvalue weighted by Crippen LogP contribution is 2.30. The summed E-state index contributed by atoms with van der Waals surface area (Å²) in [5.41, 5.74) is 4.10. The second-order valence-corrected chi connectivity index (χ2v) is 6.46. The van der Waals surface area contributed by atoms with Crippen molar-refractivity contribution in [2.24, 2.45) is 0 Å². The van der Waals surface area contributed by atoms with Gasteiger partial charge in [0.25, 0.3) is 0 Å². The Balaban J connectivity index is 1.53. The highest BCUT2D eigenvalue weighted by Gasteiger charge is 2.26. The van der Waals surface area contributed by atoms with E-state index in [4.69, 9.17) is 4.74 Å². The summed E-state index contributed by atoms with van der Waals surface area (Å²) in [4.78, 5) is 16.3. The van der Waals surface area contributed by atoms with Crippen LogP contribution in [0.4, 0.5) is 14.9 Å². The van der Waals surface area contributed by atoms with E-state index < -0.39 is 6.09 Å². The van der Waals surface area contributed by atoms with E-state index in [0.717, 1.165) is 30.8 Å². The lowest BCUT2D eigenvalue weighted by molar-refractivity contribution is 0.208. The van der Waals surface area contributed by atoms with E-state index in [1.807, 2.05) is 18.2 Å². The molecule has 4 rings (SSSR count). The van der Waals surface area contributed by atoms with Gasteiger partial charge in [-0.2, -0.15) is 0 Å². The van der Waals surface area contributed by atoms with Gasteiger partial charge in [-0.3, -0.25) is 4.90 Å². The van der Waals surface area contributed by atoms with Crippen LogP contribution in [0.1, 0.15) is 16.7 Å². The number of amides is 1. The molecule has 4 nitrogen and oxygen atoms in total. The van der Waals surface area contributed by atoms with Crippen LogP contribution in [0.3, 0.4) is 0 Å². The number of benzene rings is 2. The number of hydrogen-bond donors (Lipinski definition) is 0. The quantitative estimate of drug-likeness (QED) is 0.805. The van der Waals surface area contributed by atoms with E-state index in [0.29, 0.717) is 18.7 Å². The Morgan fingerprint density at radius 1 is 1.04 bits per heavy atom. The lowest BCUT2D eigenvalue weighted by Gasteiger charge is -2.25. The number of hydrogen-bond acceptors (Lipinski definition) is 3. The monoisotopic (exact) mass is 326 g/mol. The van der Waals surface area contributed by atoms with Crippen LogP contribution in [-0.2, 0) is 19.4 Å². The average Bonchev–Trinajstić information content (AvgIpc) is 2.97. The lowest BCUT2D eigenvalue weighted by Crippen LogP contribution is -2.32. The number of anilines is 1. The van der Waals surface area contributed by atoms with Crippen molar-refractivity contribution in [3.63, 3.8) is 0 Å². The van der Waals surface area contributed by atoms with Gasteiger partial charge in [0.05, 0.1) is 5.69 Å². The number of fused-ring (bicyclic) bond motifs is 2. The zero-order valence-corrected chi connectivity index (χ0v) is 13.6. The molecule has 0 saturated carbocycles. The van der Waals surface area contributed by atoms with Crippen molar-refractivity contribution in [3.05, 3.63) is 58.9 Å². The molecule has 0 spiro atoms. The first kappa shape index (κ1) is 15.1. The fourth-order valence-corrected chi connectivity index (χ4v) is 3.45. The topological polar surface area (TPSA) is 32.8 Å². The maximum atomic E-state index is 13.3. The van der Waals surface area contributed by atoms with Crippen molar-refractivity contribution >= 4 is 11.8 Å². The molecular formula is C19H19FN2O2. The van der Waals surface area contributed by atoms with E-state index >= 15 is 0 Å². The standard InChI is InChI=1S/C19H19FN2O2/c1-21-8-6-13-2-4-17(11-15(13)12-21)24-19(23)22-9-7-14-10-16(20)3-5-18(14)22/h2-5,10-11H,6-9,12H2,1H3. The molecule has 2 aromatic carbocycles. The Kier molecular flexibility index (Phi) is 3.73. The smallest absolute Gasteiger partial charge is 0.410 e. The molecule has 0 unspecified atom stereocenters. The zero-order valence-electron chi connectivity index (χ0n) is 13.6. The molecule has 2 aliphatic rings. The largest absolute Gasteiger partial charge is 0.419 e. The summed E-state index contributed by atoms with van der Waals surface area (Å²) in [6.45, 7) is 2.44. The third-order valence-electron chi connectivity index (χ3n) is 4.74. The van der Waals surface area contributed by atoms with Gasteiger partial charge in [-0.25, -0.2) is 9.18 Å². The lowest BCUT2D eigenvalue weighted by atomic mass is 10.00. The van der Waals surface area contributed by atoms with Crippen molar-refractivity contribution in [3.8, 4) is 5.75 Å². The molecule has 24 heavy (non-hydrogen) atoms. The molecule has 2 aliphatic heterocycles. The number of likely N-dealkylation sites (N-methyl/N-ethyl adjacent to an activating group) is 1. The molecule has 0 fully saturated rings. The molecule has 0 N–H and O–H groups in total. The molecule has 0 bridgehead atoms. The molecule has 2 heterocycles. The third kappa shape index (κ3) is 2.76. The molecule has 0 aliphatic carbocycles.